The van der Waals surface area contributed by atoms with Crippen LogP contribution in [0, 0.1) is 5.92 Å². The summed E-state index contributed by atoms with van der Waals surface area (Å²) in [6, 6.07) is 10.8. The Morgan fingerprint density at radius 2 is 1.88 bits per heavy atom. The van der Waals surface area contributed by atoms with E-state index in [1.165, 1.54) is 0 Å². The van der Waals surface area contributed by atoms with Gasteiger partial charge in [0, 0.05) is 25.9 Å². The molecule has 182 valence electrons. The van der Waals surface area contributed by atoms with Crippen molar-refractivity contribution in [3.05, 3.63) is 60.1 Å². The number of hydrogen-bond donors (Lipinski definition) is 3. The van der Waals surface area contributed by atoms with Crippen LogP contribution in [0.2, 0.25) is 0 Å². The monoisotopic (exact) mass is 467 g/mol. The van der Waals surface area contributed by atoms with Gasteiger partial charge in [-0.15, -0.1) is 0 Å². The Balaban J connectivity index is 1.46. The summed E-state index contributed by atoms with van der Waals surface area (Å²) in [5, 5.41) is 32.6. The number of aliphatic hydroxyl groups excluding tert-OH is 2. The summed E-state index contributed by atoms with van der Waals surface area (Å²) in [6.07, 6.45) is 1.88. The van der Waals surface area contributed by atoms with Crippen LogP contribution < -0.4 is 5.32 Å². The molecule has 0 spiro atoms. The Hall–Kier alpha value is -3.01. The molecule has 0 aliphatic carbocycles. The number of hydrogen-bond acceptors (Lipinski definition) is 7. The minimum absolute atomic E-state index is 0.0428. The number of carbonyl (C=O) groups is 1. The first-order chi connectivity index (χ1) is 16.3. The van der Waals surface area contributed by atoms with Gasteiger partial charge in [0.15, 0.2) is 0 Å². The minimum atomic E-state index is -0.991. The molecule has 1 fully saturated rings. The minimum Gasteiger partial charge on any atom is -0.392 e. The number of nitrogens with zero attached hydrogens (tertiary/aromatic N) is 4. The summed E-state index contributed by atoms with van der Waals surface area (Å²) >= 11 is 0. The molecule has 1 saturated heterocycles. The number of carbonyl (C=O) groups excluding carboxylic acids is 1. The lowest BCUT2D eigenvalue weighted by molar-refractivity contribution is -0.131. The molecule has 3 heterocycles. The molecule has 9 heteroatoms. The molecule has 0 radical (unpaired) electrons. The zero-order valence-corrected chi connectivity index (χ0v) is 20.0. The normalized spacial score (nSPS) is 21.5. The van der Waals surface area contributed by atoms with Gasteiger partial charge in [-0.1, -0.05) is 43.3 Å². The van der Waals surface area contributed by atoms with Crippen LogP contribution in [0.4, 0.5) is 0 Å². The SMILES string of the molecule is CC(C)[C@H](c1ccno1)C(O)N1C[C@H](O)C[C@H]1C(=O)N[C@@H](C)c1ccc(-c2ccnn2C)cc1. The van der Waals surface area contributed by atoms with E-state index >= 15 is 0 Å². The van der Waals surface area contributed by atoms with Gasteiger partial charge >= 0.3 is 0 Å². The van der Waals surface area contributed by atoms with Crippen LogP contribution in [-0.2, 0) is 11.8 Å². The predicted octanol–water partition coefficient (Wildman–Crippen LogP) is 2.45. The lowest BCUT2D eigenvalue weighted by Gasteiger charge is -2.34. The number of amides is 1. The maximum absolute atomic E-state index is 13.2. The molecule has 0 saturated carbocycles. The number of β-amino-alcohol motifs (C(OH)–C–C–N with tert-alkyl or cyclic N) is 1. The molecular weight excluding hydrogens is 434 g/mol. The summed E-state index contributed by atoms with van der Waals surface area (Å²) in [7, 11) is 1.90. The maximum Gasteiger partial charge on any atom is 0.238 e. The average molecular weight is 468 g/mol. The van der Waals surface area contributed by atoms with E-state index in [4.69, 9.17) is 4.52 Å². The largest absolute Gasteiger partial charge is 0.392 e. The Kier molecular flexibility index (Phi) is 7.16. The van der Waals surface area contributed by atoms with E-state index in [1.807, 2.05) is 62.8 Å². The highest BCUT2D eigenvalue weighted by Crippen LogP contribution is 2.33. The van der Waals surface area contributed by atoms with Crippen LogP contribution in [0.15, 0.2) is 53.3 Å². The second-order valence-corrected chi connectivity index (χ2v) is 9.39. The van der Waals surface area contributed by atoms with E-state index in [0.717, 1.165) is 16.8 Å². The lowest BCUT2D eigenvalue weighted by atomic mass is 9.90. The number of aliphatic hydroxyl groups is 2. The van der Waals surface area contributed by atoms with E-state index in [2.05, 4.69) is 15.6 Å². The molecule has 5 atom stereocenters. The summed E-state index contributed by atoms with van der Waals surface area (Å²) in [6.45, 7) is 6.10. The van der Waals surface area contributed by atoms with Crippen molar-refractivity contribution in [2.45, 2.75) is 57.5 Å². The molecule has 34 heavy (non-hydrogen) atoms. The Morgan fingerprint density at radius 3 is 2.47 bits per heavy atom. The quantitative estimate of drug-likeness (QED) is 0.466. The highest BCUT2D eigenvalue weighted by atomic mass is 16.5. The summed E-state index contributed by atoms with van der Waals surface area (Å²) in [5.41, 5.74) is 3.02. The number of aromatic nitrogens is 3. The summed E-state index contributed by atoms with van der Waals surface area (Å²) < 4.78 is 7.14. The molecule has 0 bridgehead atoms. The third-order valence-corrected chi connectivity index (χ3v) is 6.67. The number of rotatable bonds is 8. The number of benzene rings is 1. The molecule has 3 N–H and O–H groups in total. The van der Waals surface area contributed by atoms with Crippen LogP contribution in [0.25, 0.3) is 11.3 Å². The van der Waals surface area contributed by atoms with Gasteiger partial charge in [-0.25, -0.2) is 0 Å². The van der Waals surface area contributed by atoms with Crippen LogP contribution in [0.3, 0.4) is 0 Å². The fourth-order valence-corrected chi connectivity index (χ4v) is 4.80. The van der Waals surface area contributed by atoms with Crippen molar-refractivity contribution < 1.29 is 19.5 Å². The van der Waals surface area contributed by atoms with Crippen molar-refractivity contribution in [2.75, 3.05) is 6.54 Å². The standard InChI is InChI=1S/C25H33N5O4/c1-15(2)23(22-10-12-27-34-22)25(33)30-14-19(31)13-21(30)24(32)28-16(3)17-5-7-18(8-6-17)20-9-11-26-29(20)4/h5-12,15-16,19,21,23,25,31,33H,13-14H2,1-4H3,(H,28,32)/t16-,19+,21-,23+,25?/m0/s1. The first kappa shape index (κ1) is 24.1. The van der Waals surface area contributed by atoms with Crippen molar-refractivity contribution >= 4 is 5.91 Å². The maximum atomic E-state index is 13.2. The topological polar surface area (TPSA) is 117 Å². The molecular formula is C25H33N5O4. The van der Waals surface area contributed by atoms with Gasteiger partial charge in [-0.3, -0.25) is 14.4 Å². The molecule has 1 aromatic carbocycles. The van der Waals surface area contributed by atoms with Crippen molar-refractivity contribution in [1.82, 2.24) is 25.2 Å². The van der Waals surface area contributed by atoms with Gasteiger partial charge in [0.05, 0.1) is 36.0 Å². The molecule has 1 unspecified atom stereocenters. The summed E-state index contributed by atoms with van der Waals surface area (Å²) in [4.78, 5) is 14.9. The molecule has 1 aliphatic rings. The van der Waals surface area contributed by atoms with Crippen molar-refractivity contribution in [2.24, 2.45) is 13.0 Å². The van der Waals surface area contributed by atoms with Crippen LogP contribution in [-0.4, -0.2) is 60.9 Å². The van der Waals surface area contributed by atoms with Crippen molar-refractivity contribution in [3.63, 3.8) is 0 Å². The fourth-order valence-electron chi connectivity index (χ4n) is 4.80. The average Bonchev–Trinajstić information content (AvgIpc) is 3.55. The van der Waals surface area contributed by atoms with E-state index in [0.29, 0.717) is 5.76 Å². The highest BCUT2D eigenvalue weighted by molar-refractivity contribution is 5.82. The third kappa shape index (κ3) is 4.91. The molecule has 4 rings (SSSR count). The van der Waals surface area contributed by atoms with E-state index in [-0.39, 0.29) is 36.8 Å². The van der Waals surface area contributed by atoms with Gasteiger partial charge in [0.1, 0.15) is 12.0 Å². The van der Waals surface area contributed by atoms with E-state index in [9.17, 15) is 15.0 Å². The number of aryl methyl sites for hydroxylation is 1. The van der Waals surface area contributed by atoms with Crippen LogP contribution in [0.1, 0.15) is 50.5 Å². The molecule has 9 nitrogen and oxygen atoms in total. The second-order valence-electron chi connectivity index (χ2n) is 9.39. The van der Waals surface area contributed by atoms with Gasteiger partial charge in [0.2, 0.25) is 5.91 Å². The first-order valence-electron chi connectivity index (χ1n) is 11.7. The van der Waals surface area contributed by atoms with Crippen molar-refractivity contribution in [3.8, 4) is 11.3 Å². The smallest absolute Gasteiger partial charge is 0.238 e. The Morgan fingerprint density at radius 1 is 1.15 bits per heavy atom. The van der Waals surface area contributed by atoms with E-state index < -0.39 is 18.4 Å². The number of likely N-dealkylation sites (tertiary alicyclic amines) is 1. The molecule has 3 aromatic rings. The highest BCUT2D eigenvalue weighted by Gasteiger charge is 2.43. The van der Waals surface area contributed by atoms with Crippen LogP contribution in [0.5, 0.6) is 0 Å². The van der Waals surface area contributed by atoms with Gasteiger partial charge in [-0.05, 0) is 36.5 Å². The zero-order valence-electron chi connectivity index (χ0n) is 20.0. The molecule has 1 aliphatic heterocycles. The Labute approximate surface area is 199 Å². The van der Waals surface area contributed by atoms with Crippen molar-refractivity contribution in [1.29, 1.82) is 0 Å². The van der Waals surface area contributed by atoms with Gasteiger partial charge in [-0.2, -0.15) is 5.10 Å². The van der Waals surface area contributed by atoms with E-state index in [1.54, 1.807) is 23.4 Å². The zero-order chi connectivity index (χ0) is 24.4. The molecule has 1 amide bonds. The van der Waals surface area contributed by atoms with Crippen LogP contribution >= 0.6 is 0 Å². The van der Waals surface area contributed by atoms with Gasteiger partial charge < -0.3 is 20.1 Å². The third-order valence-electron chi connectivity index (χ3n) is 6.67. The predicted molar refractivity (Wildman–Crippen MR) is 126 cm³/mol. The molecule has 2 aromatic heterocycles. The number of nitrogens with one attached hydrogen (secondary N) is 1. The van der Waals surface area contributed by atoms with Gasteiger partial charge in [0.25, 0.3) is 0 Å². The Bertz CT molecular complexity index is 1080. The lowest BCUT2D eigenvalue weighted by Crippen LogP contribution is -2.50. The summed E-state index contributed by atoms with van der Waals surface area (Å²) in [5.74, 6) is 0.00477. The fraction of sp³-hybridized carbons (Fsp3) is 0.480. The first-order valence-corrected chi connectivity index (χ1v) is 11.7. The second kappa shape index (κ2) is 10.1.